The standard InChI is InChI=1S/C27H42OS/c1-7-17(2)14-20-8-9-22-25-23(11-13-26(20,22)5)27(6)12-10-18(3)15-21(27)16-24(25)29-19(4)28/h15,18,20,22-25H,2,7-14,16H2,1,3-6H3. The summed E-state index contributed by atoms with van der Waals surface area (Å²) in [6.07, 6.45) is 14.3. The fourth-order valence-electron chi connectivity index (χ4n) is 8.11. The topological polar surface area (TPSA) is 17.1 Å². The van der Waals surface area contributed by atoms with Gasteiger partial charge in [-0.2, -0.15) is 0 Å². The second-order valence-electron chi connectivity index (χ2n) is 11.4. The zero-order valence-corrected chi connectivity index (χ0v) is 20.2. The molecule has 4 aliphatic carbocycles. The van der Waals surface area contributed by atoms with Gasteiger partial charge in [0.1, 0.15) is 0 Å². The molecule has 0 aromatic heterocycles. The first-order valence-electron chi connectivity index (χ1n) is 12.2. The summed E-state index contributed by atoms with van der Waals surface area (Å²) in [5.74, 6) is 3.81. The molecular formula is C27H42OS. The number of thioether (sulfide) groups is 1. The zero-order chi connectivity index (χ0) is 21.0. The number of fused-ring (bicyclic) bond motifs is 5. The molecule has 0 aromatic carbocycles. The SMILES string of the molecule is C=C(CC)CC1CCC2C3C(SC(C)=O)CC4=CC(C)CCC4(C)C3CCC12C. The summed E-state index contributed by atoms with van der Waals surface area (Å²) < 4.78 is 0. The van der Waals surface area contributed by atoms with Crippen molar-refractivity contribution in [1.29, 1.82) is 0 Å². The number of allylic oxidation sites excluding steroid dienone is 3. The average Bonchev–Trinajstić information content (AvgIpc) is 2.99. The lowest BCUT2D eigenvalue weighted by molar-refractivity contribution is -0.109. The normalized spacial score (nSPS) is 46.3. The van der Waals surface area contributed by atoms with Gasteiger partial charge in [-0.25, -0.2) is 0 Å². The van der Waals surface area contributed by atoms with Gasteiger partial charge in [-0.3, -0.25) is 4.79 Å². The van der Waals surface area contributed by atoms with Gasteiger partial charge in [-0.15, -0.1) is 0 Å². The van der Waals surface area contributed by atoms with E-state index in [9.17, 15) is 4.79 Å². The highest BCUT2D eigenvalue weighted by atomic mass is 32.2. The van der Waals surface area contributed by atoms with Gasteiger partial charge in [0, 0.05) is 12.2 Å². The number of carbonyl (C=O) groups excluding carboxylic acids is 1. The van der Waals surface area contributed by atoms with E-state index in [1.54, 1.807) is 24.3 Å². The Labute approximate surface area is 183 Å². The number of hydrogen-bond acceptors (Lipinski definition) is 2. The molecule has 1 nitrogen and oxygen atoms in total. The van der Waals surface area contributed by atoms with Gasteiger partial charge < -0.3 is 0 Å². The van der Waals surface area contributed by atoms with E-state index < -0.39 is 0 Å². The third-order valence-corrected chi connectivity index (χ3v) is 11.0. The van der Waals surface area contributed by atoms with Crippen LogP contribution < -0.4 is 0 Å². The smallest absolute Gasteiger partial charge is 0.186 e. The molecule has 8 unspecified atom stereocenters. The van der Waals surface area contributed by atoms with E-state index in [0.717, 1.165) is 36.5 Å². The molecule has 3 fully saturated rings. The van der Waals surface area contributed by atoms with E-state index >= 15 is 0 Å². The molecule has 0 saturated heterocycles. The second kappa shape index (κ2) is 7.88. The van der Waals surface area contributed by atoms with Crippen LogP contribution in [0, 0.1) is 40.4 Å². The van der Waals surface area contributed by atoms with Gasteiger partial charge >= 0.3 is 0 Å². The molecule has 0 heterocycles. The third-order valence-electron chi connectivity index (χ3n) is 9.89. The van der Waals surface area contributed by atoms with E-state index in [2.05, 4.69) is 40.3 Å². The predicted molar refractivity (Wildman–Crippen MR) is 126 cm³/mol. The summed E-state index contributed by atoms with van der Waals surface area (Å²) in [6.45, 7) is 16.0. The van der Waals surface area contributed by atoms with Gasteiger partial charge in [-0.05, 0) is 98.2 Å². The molecule has 4 rings (SSSR count). The van der Waals surface area contributed by atoms with E-state index in [-0.39, 0.29) is 0 Å². The Morgan fingerprint density at radius 1 is 1.17 bits per heavy atom. The van der Waals surface area contributed by atoms with Gasteiger partial charge in [-0.1, -0.05) is 63.3 Å². The van der Waals surface area contributed by atoms with Crippen LogP contribution in [0.3, 0.4) is 0 Å². The lowest BCUT2D eigenvalue weighted by atomic mass is 9.46. The van der Waals surface area contributed by atoms with Crippen LogP contribution >= 0.6 is 11.8 Å². The Bertz CT molecular complexity index is 707. The highest BCUT2D eigenvalue weighted by molar-refractivity contribution is 8.14. The lowest BCUT2D eigenvalue weighted by Crippen LogP contribution is -2.54. The summed E-state index contributed by atoms with van der Waals surface area (Å²) in [4.78, 5) is 12.2. The van der Waals surface area contributed by atoms with Crippen LogP contribution in [0.5, 0.6) is 0 Å². The van der Waals surface area contributed by atoms with Crippen molar-refractivity contribution in [2.45, 2.75) is 97.7 Å². The van der Waals surface area contributed by atoms with Crippen LogP contribution in [0.2, 0.25) is 0 Å². The van der Waals surface area contributed by atoms with Gasteiger partial charge in [0.05, 0.1) is 0 Å². The maximum Gasteiger partial charge on any atom is 0.186 e. The van der Waals surface area contributed by atoms with Crippen molar-refractivity contribution in [3.8, 4) is 0 Å². The molecule has 2 heteroatoms. The molecule has 0 aliphatic heterocycles. The molecule has 0 aromatic rings. The molecule has 0 amide bonds. The Morgan fingerprint density at radius 2 is 1.93 bits per heavy atom. The minimum Gasteiger partial charge on any atom is -0.288 e. The zero-order valence-electron chi connectivity index (χ0n) is 19.4. The molecule has 0 radical (unpaired) electrons. The van der Waals surface area contributed by atoms with Crippen LogP contribution in [0.25, 0.3) is 0 Å². The average molecular weight is 415 g/mol. The monoisotopic (exact) mass is 414 g/mol. The number of rotatable bonds is 4. The van der Waals surface area contributed by atoms with Crippen LogP contribution in [-0.4, -0.2) is 10.4 Å². The number of carbonyl (C=O) groups is 1. The van der Waals surface area contributed by atoms with E-state index in [4.69, 9.17) is 0 Å². The highest BCUT2D eigenvalue weighted by Gasteiger charge is 2.61. The minimum absolute atomic E-state index is 0.322. The minimum atomic E-state index is 0.322. The van der Waals surface area contributed by atoms with Gasteiger partial charge in [0.15, 0.2) is 5.12 Å². The first kappa shape index (κ1) is 21.7. The molecule has 0 N–H and O–H groups in total. The fourth-order valence-corrected chi connectivity index (χ4v) is 9.34. The molecule has 0 bridgehead atoms. The largest absolute Gasteiger partial charge is 0.288 e. The Kier molecular flexibility index (Phi) is 5.90. The Balaban J connectivity index is 1.68. The summed E-state index contributed by atoms with van der Waals surface area (Å²) in [5.41, 5.74) is 3.98. The maximum atomic E-state index is 12.2. The van der Waals surface area contributed by atoms with Crippen molar-refractivity contribution < 1.29 is 4.79 Å². The lowest BCUT2D eigenvalue weighted by Gasteiger charge is -2.60. The van der Waals surface area contributed by atoms with Crippen molar-refractivity contribution in [3.63, 3.8) is 0 Å². The molecule has 162 valence electrons. The van der Waals surface area contributed by atoms with Crippen LogP contribution in [0.15, 0.2) is 23.8 Å². The quantitative estimate of drug-likeness (QED) is 0.436. The van der Waals surface area contributed by atoms with Crippen LogP contribution in [0.1, 0.15) is 92.4 Å². The second-order valence-corrected chi connectivity index (χ2v) is 12.8. The third kappa shape index (κ3) is 3.60. The van der Waals surface area contributed by atoms with Gasteiger partial charge in [0.2, 0.25) is 0 Å². The summed E-state index contributed by atoms with van der Waals surface area (Å²) >= 11 is 1.69. The first-order chi connectivity index (χ1) is 13.7. The Morgan fingerprint density at radius 3 is 2.62 bits per heavy atom. The van der Waals surface area contributed by atoms with E-state index in [1.165, 1.54) is 50.5 Å². The van der Waals surface area contributed by atoms with Crippen molar-refractivity contribution in [2.75, 3.05) is 0 Å². The van der Waals surface area contributed by atoms with Crippen LogP contribution in [0.4, 0.5) is 0 Å². The molecule has 0 spiro atoms. The predicted octanol–water partition coefficient (Wildman–Crippen LogP) is 7.82. The van der Waals surface area contributed by atoms with E-state index in [0.29, 0.717) is 27.1 Å². The molecule has 4 aliphatic rings. The van der Waals surface area contributed by atoms with Gasteiger partial charge in [0.25, 0.3) is 0 Å². The summed E-state index contributed by atoms with van der Waals surface area (Å²) in [7, 11) is 0. The van der Waals surface area contributed by atoms with Crippen molar-refractivity contribution >= 4 is 16.9 Å². The molecule has 3 saturated carbocycles. The summed E-state index contributed by atoms with van der Waals surface area (Å²) in [5, 5.41) is 0.822. The fraction of sp³-hybridized carbons (Fsp3) is 0.815. The van der Waals surface area contributed by atoms with E-state index in [1.807, 2.05) is 0 Å². The maximum absolute atomic E-state index is 12.2. The van der Waals surface area contributed by atoms with Crippen molar-refractivity contribution in [1.82, 2.24) is 0 Å². The number of hydrogen-bond donors (Lipinski definition) is 0. The van der Waals surface area contributed by atoms with Crippen molar-refractivity contribution in [3.05, 3.63) is 23.8 Å². The van der Waals surface area contributed by atoms with Crippen molar-refractivity contribution in [2.24, 2.45) is 40.4 Å². The van der Waals surface area contributed by atoms with Crippen LogP contribution in [-0.2, 0) is 4.79 Å². The first-order valence-corrected chi connectivity index (χ1v) is 13.1. The molecular weight excluding hydrogens is 372 g/mol. The molecule has 29 heavy (non-hydrogen) atoms. The summed E-state index contributed by atoms with van der Waals surface area (Å²) in [6, 6.07) is 0. The highest BCUT2D eigenvalue weighted by Crippen LogP contribution is 2.68. The molecule has 8 atom stereocenters. The Hall–Kier alpha value is -0.500.